The van der Waals surface area contributed by atoms with Crippen molar-refractivity contribution in [1.29, 1.82) is 0 Å². The topological polar surface area (TPSA) is 35.8 Å². The van der Waals surface area contributed by atoms with E-state index in [0.717, 1.165) is 30.2 Å². The first kappa shape index (κ1) is 9.85. The van der Waals surface area contributed by atoms with Crippen molar-refractivity contribution >= 4 is 11.5 Å². The number of aliphatic imine (C=N–C) groups is 1. The predicted molar refractivity (Wildman–Crippen MR) is 64.8 cm³/mol. The lowest BCUT2D eigenvalue weighted by atomic mass is 9.97. The summed E-state index contributed by atoms with van der Waals surface area (Å²) < 4.78 is 0. The molecule has 0 unspecified atom stereocenters. The van der Waals surface area contributed by atoms with Gasteiger partial charge in [-0.15, -0.1) is 0 Å². The first-order valence-electron chi connectivity index (χ1n) is 5.75. The minimum absolute atomic E-state index is 0.547. The molecule has 0 aliphatic carbocycles. The fraction of sp³-hybridized carbons (Fsp3) is 0.462. The van der Waals surface area contributed by atoms with Gasteiger partial charge in [0, 0.05) is 24.3 Å². The van der Waals surface area contributed by atoms with Gasteiger partial charge in [-0.05, 0) is 18.9 Å². The molecule has 0 aromatic heterocycles. The van der Waals surface area contributed by atoms with Gasteiger partial charge in [0.05, 0.1) is 0 Å². The maximum atomic E-state index is 10.6. The standard InChI is InChI=1S/C13H16N2O/c1-9-7-14-12-13(2,16)10-5-3-4-6-11(10)15(12)8-9/h3-6,9,16H,7-8H2,1-2H3/t9-,13+/m1/s1. The zero-order chi connectivity index (χ0) is 11.3. The van der Waals surface area contributed by atoms with Crippen molar-refractivity contribution in [3.05, 3.63) is 29.8 Å². The number of anilines is 1. The summed E-state index contributed by atoms with van der Waals surface area (Å²) in [5, 5.41) is 10.6. The van der Waals surface area contributed by atoms with E-state index in [9.17, 15) is 5.11 Å². The summed E-state index contributed by atoms with van der Waals surface area (Å²) in [6.45, 7) is 5.79. The quantitative estimate of drug-likeness (QED) is 0.717. The van der Waals surface area contributed by atoms with Crippen LogP contribution in [0, 0.1) is 5.92 Å². The van der Waals surface area contributed by atoms with Crippen molar-refractivity contribution in [3.8, 4) is 0 Å². The molecule has 3 nitrogen and oxygen atoms in total. The fourth-order valence-corrected chi connectivity index (χ4v) is 2.65. The number of nitrogens with zero attached hydrogens (tertiary/aromatic N) is 2. The number of hydrogen-bond donors (Lipinski definition) is 1. The fourth-order valence-electron chi connectivity index (χ4n) is 2.65. The van der Waals surface area contributed by atoms with Crippen molar-refractivity contribution in [3.63, 3.8) is 0 Å². The van der Waals surface area contributed by atoms with E-state index in [1.807, 2.05) is 25.1 Å². The molecule has 1 aromatic carbocycles. The molecule has 1 N–H and O–H groups in total. The highest BCUT2D eigenvalue weighted by molar-refractivity contribution is 6.10. The molecule has 16 heavy (non-hydrogen) atoms. The second kappa shape index (κ2) is 3.08. The lowest BCUT2D eigenvalue weighted by molar-refractivity contribution is 0.135. The number of para-hydroxylation sites is 1. The first-order valence-corrected chi connectivity index (χ1v) is 5.75. The molecule has 0 saturated carbocycles. The minimum atomic E-state index is -0.920. The lowest BCUT2D eigenvalue weighted by Gasteiger charge is -2.30. The molecule has 0 saturated heterocycles. The highest BCUT2D eigenvalue weighted by Gasteiger charge is 2.45. The second-order valence-electron chi connectivity index (χ2n) is 4.97. The van der Waals surface area contributed by atoms with E-state index in [2.05, 4.69) is 22.9 Å². The Bertz CT molecular complexity index is 465. The smallest absolute Gasteiger partial charge is 0.146 e. The van der Waals surface area contributed by atoms with Crippen LogP contribution in [0.4, 0.5) is 5.69 Å². The zero-order valence-corrected chi connectivity index (χ0v) is 9.64. The molecule has 2 aliphatic rings. The molecule has 2 atom stereocenters. The van der Waals surface area contributed by atoms with Crippen LogP contribution >= 0.6 is 0 Å². The normalized spacial score (nSPS) is 32.1. The summed E-state index contributed by atoms with van der Waals surface area (Å²) >= 11 is 0. The molecule has 1 aromatic rings. The summed E-state index contributed by atoms with van der Waals surface area (Å²) in [5.41, 5.74) is 1.16. The van der Waals surface area contributed by atoms with Gasteiger partial charge < -0.3 is 10.0 Å². The SMILES string of the molecule is C[C@@H]1CN=C2N(C1)c1ccccc1[C@]2(C)O. The Labute approximate surface area is 95.4 Å². The lowest BCUT2D eigenvalue weighted by Crippen LogP contribution is -2.44. The molecule has 84 valence electrons. The number of hydrogen-bond acceptors (Lipinski definition) is 3. The van der Waals surface area contributed by atoms with Crippen LogP contribution in [0.5, 0.6) is 0 Å². The molecular formula is C13H16N2O. The van der Waals surface area contributed by atoms with Crippen molar-refractivity contribution in [2.45, 2.75) is 19.4 Å². The van der Waals surface area contributed by atoms with Crippen molar-refractivity contribution < 1.29 is 5.11 Å². The minimum Gasteiger partial charge on any atom is -0.377 e. The number of aliphatic hydroxyl groups is 1. The van der Waals surface area contributed by atoms with Gasteiger partial charge in [0.25, 0.3) is 0 Å². The van der Waals surface area contributed by atoms with E-state index >= 15 is 0 Å². The Morgan fingerprint density at radius 3 is 3.00 bits per heavy atom. The molecule has 0 fully saturated rings. The second-order valence-corrected chi connectivity index (χ2v) is 4.97. The average Bonchev–Trinajstić information content (AvgIpc) is 2.49. The van der Waals surface area contributed by atoms with E-state index in [0.29, 0.717) is 5.92 Å². The Morgan fingerprint density at radius 1 is 1.44 bits per heavy atom. The number of fused-ring (bicyclic) bond motifs is 3. The Balaban J connectivity index is 2.19. The summed E-state index contributed by atoms with van der Waals surface area (Å²) in [6.07, 6.45) is 0. The number of rotatable bonds is 0. The van der Waals surface area contributed by atoms with Crippen LogP contribution in [-0.2, 0) is 5.60 Å². The molecule has 3 heteroatoms. The third kappa shape index (κ3) is 1.15. The van der Waals surface area contributed by atoms with Gasteiger partial charge in [-0.2, -0.15) is 0 Å². The van der Waals surface area contributed by atoms with Gasteiger partial charge in [-0.25, -0.2) is 0 Å². The molecule has 2 heterocycles. The molecule has 0 amide bonds. The van der Waals surface area contributed by atoms with Crippen LogP contribution < -0.4 is 4.90 Å². The highest BCUT2D eigenvalue weighted by Crippen LogP contribution is 2.42. The maximum Gasteiger partial charge on any atom is 0.146 e. The van der Waals surface area contributed by atoms with E-state index in [4.69, 9.17) is 0 Å². The van der Waals surface area contributed by atoms with Crippen LogP contribution in [0.3, 0.4) is 0 Å². The molecule has 0 bridgehead atoms. The summed E-state index contributed by atoms with van der Waals surface area (Å²) in [6, 6.07) is 8.03. The molecule has 0 radical (unpaired) electrons. The third-order valence-electron chi connectivity index (χ3n) is 3.46. The monoisotopic (exact) mass is 216 g/mol. The third-order valence-corrected chi connectivity index (χ3v) is 3.46. The van der Waals surface area contributed by atoms with Gasteiger partial charge in [0.15, 0.2) is 0 Å². The zero-order valence-electron chi connectivity index (χ0n) is 9.64. The van der Waals surface area contributed by atoms with Crippen LogP contribution in [0.25, 0.3) is 0 Å². The maximum absolute atomic E-state index is 10.6. The van der Waals surface area contributed by atoms with Gasteiger partial charge in [-0.1, -0.05) is 25.1 Å². The van der Waals surface area contributed by atoms with Gasteiger partial charge in [0.1, 0.15) is 11.4 Å². The largest absolute Gasteiger partial charge is 0.377 e. The van der Waals surface area contributed by atoms with Crippen molar-refractivity contribution in [2.24, 2.45) is 10.9 Å². The molecular weight excluding hydrogens is 200 g/mol. The highest BCUT2D eigenvalue weighted by atomic mass is 16.3. The van der Waals surface area contributed by atoms with E-state index in [-0.39, 0.29) is 0 Å². The molecule has 3 rings (SSSR count). The summed E-state index contributed by atoms with van der Waals surface area (Å²) in [4.78, 5) is 6.69. The Hall–Kier alpha value is -1.35. The first-order chi connectivity index (χ1) is 7.60. The molecule has 2 aliphatic heterocycles. The van der Waals surface area contributed by atoms with Crippen LogP contribution in [-0.4, -0.2) is 24.0 Å². The number of benzene rings is 1. The van der Waals surface area contributed by atoms with E-state index in [1.54, 1.807) is 0 Å². The summed E-state index contributed by atoms with van der Waals surface area (Å²) in [7, 11) is 0. The van der Waals surface area contributed by atoms with E-state index in [1.165, 1.54) is 0 Å². The van der Waals surface area contributed by atoms with Gasteiger partial charge >= 0.3 is 0 Å². The van der Waals surface area contributed by atoms with Gasteiger partial charge in [-0.3, -0.25) is 4.99 Å². The van der Waals surface area contributed by atoms with Crippen molar-refractivity contribution in [1.82, 2.24) is 0 Å². The Morgan fingerprint density at radius 2 is 2.19 bits per heavy atom. The van der Waals surface area contributed by atoms with E-state index < -0.39 is 5.60 Å². The average molecular weight is 216 g/mol. The van der Waals surface area contributed by atoms with Crippen molar-refractivity contribution in [2.75, 3.05) is 18.0 Å². The number of amidine groups is 1. The van der Waals surface area contributed by atoms with Crippen LogP contribution in [0.2, 0.25) is 0 Å². The van der Waals surface area contributed by atoms with Crippen LogP contribution in [0.15, 0.2) is 29.3 Å². The summed E-state index contributed by atoms with van der Waals surface area (Å²) in [5.74, 6) is 1.36. The molecule has 0 spiro atoms. The predicted octanol–water partition coefficient (Wildman–Crippen LogP) is 1.76. The van der Waals surface area contributed by atoms with Crippen LogP contribution in [0.1, 0.15) is 19.4 Å². The van der Waals surface area contributed by atoms with Gasteiger partial charge in [0.2, 0.25) is 0 Å². The Kier molecular flexibility index (Phi) is 1.89.